The van der Waals surface area contributed by atoms with Crippen LogP contribution in [-0.2, 0) is 14.4 Å². The van der Waals surface area contributed by atoms with E-state index in [9.17, 15) is 14.4 Å². The fourth-order valence-electron chi connectivity index (χ4n) is 1.36. The molecule has 5 nitrogen and oxygen atoms in total. The molecule has 0 aliphatic carbocycles. The van der Waals surface area contributed by atoms with Crippen LogP contribution in [0.4, 0.5) is 0 Å². The fourth-order valence-corrected chi connectivity index (χ4v) is 1.36. The molecule has 1 aliphatic rings. The lowest BCUT2D eigenvalue weighted by Crippen LogP contribution is -2.52. The van der Waals surface area contributed by atoms with Crippen molar-refractivity contribution in [2.75, 3.05) is 0 Å². The lowest BCUT2D eigenvalue weighted by atomic mass is 10.1. The van der Waals surface area contributed by atoms with Crippen LogP contribution < -0.4 is 10.6 Å². The molecule has 1 aliphatic heterocycles. The van der Waals surface area contributed by atoms with Crippen molar-refractivity contribution < 1.29 is 14.4 Å². The molecule has 1 saturated heterocycles. The average Bonchev–Trinajstić information content (AvgIpc) is 2.22. The summed E-state index contributed by atoms with van der Waals surface area (Å²) in [5, 5.41) is 4.69. The van der Waals surface area contributed by atoms with Gasteiger partial charge in [0.25, 0.3) is 5.91 Å². The Morgan fingerprint density at radius 2 is 2.25 bits per heavy atom. The van der Waals surface area contributed by atoms with E-state index in [1.807, 2.05) is 0 Å². The molecule has 0 saturated carbocycles. The van der Waals surface area contributed by atoms with Crippen LogP contribution in [0.25, 0.3) is 0 Å². The summed E-state index contributed by atoms with van der Waals surface area (Å²) in [5.41, 5.74) is 0.284. The van der Waals surface area contributed by atoms with E-state index in [1.165, 1.54) is 0 Å². The summed E-state index contributed by atoms with van der Waals surface area (Å²) >= 11 is 0. The quantitative estimate of drug-likeness (QED) is 0.402. The summed E-state index contributed by atoms with van der Waals surface area (Å²) in [6.45, 7) is 5.32. The number of carbonyl (C=O) groups is 3. The molecule has 0 aromatic carbocycles. The number of allylic oxidation sites excluding steroid dienone is 1. The molecule has 86 valence electrons. The van der Waals surface area contributed by atoms with Crippen molar-refractivity contribution >= 4 is 17.7 Å². The van der Waals surface area contributed by atoms with E-state index in [0.717, 1.165) is 0 Å². The maximum atomic E-state index is 11.5. The first-order chi connectivity index (χ1) is 7.54. The van der Waals surface area contributed by atoms with E-state index >= 15 is 0 Å². The van der Waals surface area contributed by atoms with Crippen LogP contribution in [0.15, 0.2) is 24.3 Å². The van der Waals surface area contributed by atoms with Gasteiger partial charge in [-0.1, -0.05) is 18.7 Å². The SMILES string of the molecule is C=C(/C=C\C)C(=O)NC1CCC(=O)NC1=O. The third-order valence-electron chi connectivity index (χ3n) is 2.20. The van der Waals surface area contributed by atoms with Crippen molar-refractivity contribution in [3.05, 3.63) is 24.3 Å². The van der Waals surface area contributed by atoms with Gasteiger partial charge in [0, 0.05) is 12.0 Å². The molecule has 1 unspecified atom stereocenters. The largest absolute Gasteiger partial charge is 0.340 e. The molecule has 0 bridgehead atoms. The van der Waals surface area contributed by atoms with Gasteiger partial charge in [-0.05, 0) is 13.3 Å². The lowest BCUT2D eigenvalue weighted by molar-refractivity contribution is -0.136. The Balaban J connectivity index is 2.54. The van der Waals surface area contributed by atoms with Gasteiger partial charge in [-0.15, -0.1) is 0 Å². The number of rotatable bonds is 3. The van der Waals surface area contributed by atoms with Gasteiger partial charge in [-0.2, -0.15) is 0 Å². The van der Waals surface area contributed by atoms with Gasteiger partial charge in [0.05, 0.1) is 0 Å². The van der Waals surface area contributed by atoms with Crippen molar-refractivity contribution in [1.29, 1.82) is 0 Å². The number of imide groups is 1. The van der Waals surface area contributed by atoms with E-state index in [1.54, 1.807) is 19.1 Å². The minimum Gasteiger partial charge on any atom is -0.340 e. The molecule has 16 heavy (non-hydrogen) atoms. The number of piperidine rings is 1. The Hall–Kier alpha value is -1.91. The van der Waals surface area contributed by atoms with Gasteiger partial charge in [-0.25, -0.2) is 0 Å². The molecule has 0 spiro atoms. The highest BCUT2D eigenvalue weighted by atomic mass is 16.2. The summed E-state index contributed by atoms with van der Waals surface area (Å²) < 4.78 is 0. The first-order valence-electron chi connectivity index (χ1n) is 5.00. The minimum absolute atomic E-state index is 0.243. The maximum Gasteiger partial charge on any atom is 0.251 e. The van der Waals surface area contributed by atoms with Crippen molar-refractivity contribution in [3.8, 4) is 0 Å². The molecule has 1 fully saturated rings. The predicted molar refractivity (Wildman–Crippen MR) is 58.3 cm³/mol. The first-order valence-corrected chi connectivity index (χ1v) is 5.00. The zero-order valence-corrected chi connectivity index (χ0v) is 9.08. The number of carbonyl (C=O) groups excluding carboxylic acids is 3. The molecule has 0 aromatic heterocycles. The minimum atomic E-state index is -0.646. The zero-order chi connectivity index (χ0) is 12.1. The normalized spacial score (nSPS) is 20.7. The lowest BCUT2D eigenvalue weighted by Gasteiger charge is -2.21. The standard InChI is InChI=1S/C11H14N2O3/c1-3-4-7(2)10(15)12-8-5-6-9(14)13-11(8)16/h3-4,8H,2,5-6H2,1H3,(H,12,15)(H,13,14,16)/b4-3-. The fraction of sp³-hybridized carbons (Fsp3) is 0.364. The Morgan fingerprint density at radius 3 is 2.81 bits per heavy atom. The molecule has 1 rings (SSSR count). The second-order valence-electron chi connectivity index (χ2n) is 3.50. The molecule has 0 aromatic rings. The smallest absolute Gasteiger partial charge is 0.251 e. The van der Waals surface area contributed by atoms with Crippen molar-refractivity contribution in [2.24, 2.45) is 0 Å². The molecule has 1 heterocycles. The molecule has 0 radical (unpaired) electrons. The molecular weight excluding hydrogens is 208 g/mol. The van der Waals surface area contributed by atoms with Gasteiger partial charge in [0.15, 0.2) is 0 Å². The predicted octanol–water partition coefficient (Wildman–Crippen LogP) is 0.0401. The van der Waals surface area contributed by atoms with Crippen LogP contribution in [0.2, 0.25) is 0 Å². The molecule has 2 N–H and O–H groups in total. The second-order valence-corrected chi connectivity index (χ2v) is 3.50. The van der Waals surface area contributed by atoms with Crippen LogP contribution in [0.3, 0.4) is 0 Å². The van der Waals surface area contributed by atoms with Gasteiger partial charge in [0.1, 0.15) is 6.04 Å². The van der Waals surface area contributed by atoms with E-state index in [-0.39, 0.29) is 17.9 Å². The Labute approximate surface area is 93.6 Å². The summed E-state index contributed by atoms with van der Waals surface area (Å²) in [4.78, 5) is 33.7. The van der Waals surface area contributed by atoms with E-state index in [0.29, 0.717) is 6.42 Å². The van der Waals surface area contributed by atoms with Crippen molar-refractivity contribution in [2.45, 2.75) is 25.8 Å². The van der Waals surface area contributed by atoms with E-state index in [4.69, 9.17) is 0 Å². The van der Waals surface area contributed by atoms with Gasteiger partial charge in [0.2, 0.25) is 11.8 Å². The van der Waals surface area contributed by atoms with Crippen molar-refractivity contribution in [3.63, 3.8) is 0 Å². The number of nitrogens with one attached hydrogen (secondary N) is 2. The summed E-state index contributed by atoms with van der Waals surface area (Å²) in [6, 6.07) is -0.646. The van der Waals surface area contributed by atoms with Crippen LogP contribution >= 0.6 is 0 Å². The molecule has 5 heteroatoms. The Bertz CT molecular complexity index is 371. The van der Waals surface area contributed by atoms with Crippen LogP contribution in [0.5, 0.6) is 0 Å². The summed E-state index contributed by atoms with van der Waals surface area (Å²) in [7, 11) is 0. The highest BCUT2D eigenvalue weighted by Gasteiger charge is 2.27. The summed E-state index contributed by atoms with van der Waals surface area (Å²) in [5.74, 6) is -1.16. The van der Waals surface area contributed by atoms with Crippen LogP contribution in [-0.4, -0.2) is 23.8 Å². The number of amides is 3. The Kier molecular flexibility index (Phi) is 3.99. The van der Waals surface area contributed by atoms with E-state index < -0.39 is 17.9 Å². The third-order valence-corrected chi connectivity index (χ3v) is 2.20. The summed E-state index contributed by atoms with van der Waals surface area (Å²) in [6.07, 6.45) is 3.82. The topological polar surface area (TPSA) is 75.3 Å². The van der Waals surface area contributed by atoms with Gasteiger partial charge >= 0.3 is 0 Å². The third kappa shape index (κ3) is 3.05. The Morgan fingerprint density at radius 1 is 1.56 bits per heavy atom. The van der Waals surface area contributed by atoms with Gasteiger partial charge < -0.3 is 5.32 Å². The monoisotopic (exact) mass is 222 g/mol. The van der Waals surface area contributed by atoms with Crippen LogP contribution in [0.1, 0.15) is 19.8 Å². The second kappa shape index (κ2) is 5.25. The average molecular weight is 222 g/mol. The highest BCUT2D eigenvalue weighted by Crippen LogP contribution is 2.05. The van der Waals surface area contributed by atoms with Crippen LogP contribution in [0, 0.1) is 0 Å². The zero-order valence-electron chi connectivity index (χ0n) is 9.08. The highest BCUT2D eigenvalue weighted by molar-refractivity contribution is 6.04. The van der Waals surface area contributed by atoms with E-state index in [2.05, 4.69) is 17.2 Å². The maximum absolute atomic E-state index is 11.5. The number of hydrogen-bond acceptors (Lipinski definition) is 3. The molecule has 3 amide bonds. The van der Waals surface area contributed by atoms with Crippen molar-refractivity contribution in [1.82, 2.24) is 10.6 Å². The van der Waals surface area contributed by atoms with Gasteiger partial charge in [-0.3, -0.25) is 19.7 Å². The molecular formula is C11H14N2O3. The molecule has 1 atom stereocenters. The first kappa shape index (κ1) is 12.2. The number of hydrogen-bond donors (Lipinski definition) is 2.